The minimum atomic E-state index is 0.598. The quantitative estimate of drug-likeness (QED) is 0.140. The molecule has 11 aromatic carbocycles. The smallest absolute Gasteiger partial charge is 0.164 e. The molecule has 0 spiro atoms. The van der Waals surface area contributed by atoms with E-state index in [2.05, 4.69) is 133 Å². The van der Waals surface area contributed by atoms with Gasteiger partial charge in [-0.1, -0.05) is 231 Å². The van der Waals surface area contributed by atoms with E-state index in [1.165, 1.54) is 16.7 Å². The van der Waals surface area contributed by atoms with Crippen LogP contribution < -0.4 is 0 Å². The Labute approximate surface area is 494 Å². The summed E-state index contributed by atoms with van der Waals surface area (Å²) in [5.74, 6) is 3.71. The van der Waals surface area contributed by atoms with E-state index in [1.807, 2.05) is 133 Å². The van der Waals surface area contributed by atoms with Crippen molar-refractivity contribution in [3.05, 3.63) is 289 Å². The lowest BCUT2D eigenvalue weighted by molar-refractivity contribution is 0.667. The summed E-state index contributed by atoms with van der Waals surface area (Å²) in [5.41, 5.74) is 19.6. The van der Waals surface area contributed by atoms with Crippen molar-refractivity contribution >= 4 is 66.7 Å². The number of aromatic nitrogens is 6. The summed E-state index contributed by atoms with van der Waals surface area (Å²) in [6, 6.07) is 90.2. The van der Waals surface area contributed by atoms with Crippen LogP contribution in [-0.4, -0.2) is 41.3 Å². The number of para-hydroxylation sites is 4. The van der Waals surface area contributed by atoms with Crippen molar-refractivity contribution in [1.29, 1.82) is 0 Å². The molecule has 17 rings (SSSR count). The molecule has 0 radical (unpaired) electrons. The Morgan fingerprint density at radius 2 is 0.558 bits per heavy atom. The minimum absolute atomic E-state index is 0.598. The van der Waals surface area contributed by atoms with Gasteiger partial charge < -0.3 is 8.83 Å². The number of rotatable bonds is 9. The molecular formula is C76H48N8O2. The first-order valence-corrected chi connectivity index (χ1v) is 28.7. The van der Waals surface area contributed by atoms with E-state index in [9.17, 15) is 0 Å². The third-order valence-corrected chi connectivity index (χ3v) is 16.0. The predicted octanol–water partition coefficient (Wildman–Crippen LogP) is 18.6. The number of aliphatic imine (C=N–C) groups is 2. The second-order valence-corrected chi connectivity index (χ2v) is 21.3. The van der Waals surface area contributed by atoms with Crippen molar-refractivity contribution in [2.24, 2.45) is 9.98 Å². The average Bonchev–Trinajstić information content (AvgIpc) is 2.12. The van der Waals surface area contributed by atoms with Gasteiger partial charge in [0.05, 0.1) is 22.8 Å². The molecule has 0 bridgehead atoms. The Kier molecular flexibility index (Phi) is 12.4. The lowest BCUT2D eigenvalue weighted by Gasteiger charge is -2.10. The molecule has 2 aliphatic rings. The lowest BCUT2D eigenvalue weighted by Crippen LogP contribution is -2.01. The predicted molar refractivity (Wildman–Crippen MR) is 345 cm³/mol. The number of furan rings is 2. The first-order valence-electron chi connectivity index (χ1n) is 28.7. The summed E-state index contributed by atoms with van der Waals surface area (Å²) in [6.07, 6.45) is 1.56. The number of hydrogen-bond donors (Lipinski definition) is 0. The van der Waals surface area contributed by atoms with Gasteiger partial charge in [-0.05, 0) is 58.7 Å². The Morgan fingerprint density at radius 1 is 0.244 bits per heavy atom. The number of benzene rings is 11. The van der Waals surface area contributed by atoms with Gasteiger partial charge in [0, 0.05) is 78.9 Å². The molecule has 0 fully saturated rings. The van der Waals surface area contributed by atoms with E-state index in [1.54, 1.807) is 0 Å². The molecule has 86 heavy (non-hydrogen) atoms. The molecule has 2 aliphatic heterocycles. The maximum Gasteiger partial charge on any atom is 0.164 e. The normalized spacial score (nSPS) is 12.5. The van der Waals surface area contributed by atoms with Gasteiger partial charge in [-0.3, -0.25) is 9.98 Å². The zero-order chi connectivity index (χ0) is 56.9. The van der Waals surface area contributed by atoms with Crippen LogP contribution in [0.25, 0.3) is 123 Å². The third kappa shape index (κ3) is 9.18. The maximum absolute atomic E-state index is 6.59. The Hall–Kier alpha value is -11.6. The standard InChI is InChI=1S/C41H26N4O.C35H22N4O/c1-3-11-26(12-4-1)27-21-23-29(24-22-27)40-43-39(28-13-5-2-6-14-28)44-41(45-40)33-18-10-20-36-37(33)32-17-9-16-31(38(32)46-36)35-25-30-15-7-8-19-34(30)42-35;1-3-11-22(12-4-1)33-37-34(23-13-5-2-6-14-23)39-35(38-33)27-18-10-20-30-31(27)26-17-9-16-25(32(26)40-30)29-21-24-15-7-8-19-28(24)36-29/h1-24H,25H2;1-20H,21H2. The third-order valence-electron chi connectivity index (χ3n) is 16.0. The molecule has 404 valence electrons. The van der Waals surface area contributed by atoms with Crippen molar-refractivity contribution in [2.75, 3.05) is 0 Å². The molecule has 0 saturated carbocycles. The second-order valence-electron chi connectivity index (χ2n) is 21.3. The Bertz CT molecular complexity index is 5100. The van der Waals surface area contributed by atoms with Crippen molar-refractivity contribution in [1.82, 2.24) is 29.9 Å². The fraction of sp³-hybridized carbons (Fsp3) is 0.0263. The zero-order valence-electron chi connectivity index (χ0n) is 46.2. The van der Waals surface area contributed by atoms with E-state index in [4.69, 9.17) is 48.7 Å². The van der Waals surface area contributed by atoms with Crippen LogP contribution in [0.3, 0.4) is 0 Å². The summed E-state index contributed by atoms with van der Waals surface area (Å²) in [4.78, 5) is 39.8. The number of hydrogen-bond acceptors (Lipinski definition) is 10. The number of fused-ring (bicyclic) bond motifs is 8. The monoisotopic (exact) mass is 1100 g/mol. The highest BCUT2D eigenvalue weighted by molar-refractivity contribution is 6.21. The van der Waals surface area contributed by atoms with Gasteiger partial charge in [-0.25, -0.2) is 29.9 Å². The second kappa shape index (κ2) is 21.3. The minimum Gasteiger partial charge on any atom is -0.455 e. The van der Waals surface area contributed by atoms with E-state index in [0.717, 1.165) is 130 Å². The summed E-state index contributed by atoms with van der Waals surface area (Å²) in [7, 11) is 0. The lowest BCUT2D eigenvalue weighted by atomic mass is 10.00. The largest absolute Gasteiger partial charge is 0.455 e. The Balaban J connectivity index is 0.000000141. The molecule has 15 aromatic rings. The van der Waals surface area contributed by atoms with Gasteiger partial charge in [-0.15, -0.1) is 0 Å². The highest BCUT2D eigenvalue weighted by Gasteiger charge is 2.25. The van der Waals surface area contributed by atoms with Gasteiger partial charge in [0.15, 0.2) is 34.9 Å². The molecule has 0 atom stereocenters. The fourth-order valence-electron chi connectivity index (χ4n) is 11.8. The average molecular weight is 1110 g/mol. The summed E-state index contributed by atoms with van der Waals surface area (Å²) in [6.45, 7) is 0. The molecule has 6 heterocycles. The SMILES string of the molecule is c1ccc(-c2ccc(-c3nc(-c4ccccc4)nc(-c4cccc5oc6c(C7=Nc8ccccc8C7)cccc6c45)n3)cc2)cc1.c1ccc(-c2nc(-c3ccccc3)nc(-c3cccc4oc5c(C6=Nc7ccccc7C6)cccc5c34)n2)cc1. The van der Waals surface area contributed by atoms with Gasteiger partial charge in [0.25, 0.3) is 0 Å². The molecule has 0 saturated heterocycles. The topological polar surface area (TPSA) is 128 Å². The first-order chi connectivity index (χ1) is 42.6. The molecule has 4 aromatic heterocycles. The van der Waals surface area contributed by atoms with Crippen molar-refractivity contribution < 1.29 is 8.83 Å². The van der Waals surface area contributed by atoms with Crippen molar-refractivity contribution in [3.63, 3.8) is 0 Å². The molecule has 10 nitrogen and oxygen atoms in total. The summed E-state index contributed by atoms with van der Waals surface area (Å²) < 4.78 is 13.1. The van der Waals surface area contributed by atoms with Gasteiger partial charge >= 0.3 is 0 Å². The highest BCUT2D eigenvalue weighted by Crippen LogP contribution is 2.42. The van der Waals surface area contributed by atoms with Gasteiger partial charge in [0.2, 0.25) is 0 Å². The van der Waals surface area contributed by atoms with Gasteiger partial charge in [-0.2, -0.15) is 0 Å². The molecule has 0 amide bonds. The van der Waals surface area contributed by atoms with E-state index < -0.39 is 0 Å². The highest BCUT2D eigenvalue weighted by atomic mass is 16.3. The van der Waals surface area contributed by atoms with Crippen LogP contribution in [0, 0.1) is 0 Å². The summed E-state index contributed by atoms with van der Waals surface area (Å²) >= 11 is 0. The molecule has 0 N–H and O–H groups in total. The van der Waals surface area contributed by atoms with Gasteiger partial charge in [0.1, 0.15) is 22.3 Å². The molecule has 0 aliphatic carbocycles. The van der Waals surface area contributed by atoms with Crippen LogP contribution in [0.15, 0.2) is 286 Å². The van der Waals surface area contributed by atoms with E-state index in [-0.39, 0.29) is 0 Å². The molecule has 0 unspecified atom stereocenters. The molecular weight excluding hydrogens is 1060 g/mol. The summed E-state index contributed by atoms with van der Waals surface area (Å²) in [5, 5.41) is 3.99. The van der Waals surface area contributed by atoms with E-state index >= 15 is 0 Å². The van der Waals surface area contributed by atoms with Crippen LogP contribution in [0.5, 0.6) is 0 Å². The zero-order valence-corrected chi connectivity index (χ0v) is 46.2. The van der Waals surface area contributed by atoms with Crippen LogP contribution in [-0.2, 0) is 12.8 Å². The van der Waals surface area contributed by atoms with Crippen molar-refractivity contribution in [3.8, 4) is 79.5 Å². The number of nitrogens with zero attached hydrogens (tertiary/aromatic N) is 8. The fourth-order valence-corrected chi connectivity index (χ4v) is 11.8. The maximum atomic E-state index is 6.59. The van der Waals surface area contributed by atoms with E-state index in [0.29, 0.717) is 34.9 Å². The van der Waals surface area contributed by atoms with Crippen LogP contribution in [0.1, 0.15) is 22.3 Å². The molecule has 10 heteroatoms. The van der Waals surface area contributed by atoms with Crippen LogP contribution in [0.2, 0.25) is 0 Å². The Morgan fingerprint density at radius 3 is 0.965 bits per heavy atom. The van der Waals surface area contributed by atoms with Crippen LogP contribution in [0.4, 0.5) is 11.4 Å². The van der Waals surface area contributed by atoms with Crippen molar-refractivity contribution in [2.45, 2.75) is 12.8 Å². The van der Waals surface area contributed by atoms with Crippen LogP contribution >= 0.6 is 0 Å². The first kappa shape index (κ1) is 50.1.